The van der Waals surface area contributed by atoms with E-state index in [9.17, 15) is 4.79 Å². The summed E-state index contributed by atoms with van der Waals surface area (Å²) in [6, 6.07) is 0. The number of nitrogens with one attached hydrogen (secondary N) is 1. The molecule has 1 saturated heterocycles. The molecule has 1 rings (SSSR count). The van der Waals surface area contributed by atoms with E-state index in [0.717, 1.165) is 13.1 Å². The Morgan fingerprint density at radius 1 is 1.62 bits per heavy atom. The first kappa shape index (κ1) is 10.9. The van der Waals surface area contributed by atoms with E-state index >= 15 is 0 Å². The SMILES string of the molecule is CSC(C)C(=O)NC1(C)CN(C)C1. The van der Waals surface area contributed by atoms with Crippen LogP contribution in [0.5, 0.6) is 0 Å². The molecule has 1 aliphatic rings. The highest BCUT2D eigenvalue weighted by atomic mass is 32.2. The summed E-state index contributed by atoms with van der Waals surface area (Å²) in [7, 11) is 2.06. The van der Waals surface area contributed by atoms with Crippen molar-refractivity contribution in [2.45, 2.75) is 24.6 Å². The van der Waals surface area contributed by atoms with Crippen molar-refractivity contribution in [1.82, 2.24) is 10.2 Å². The molecule has 1 atom stereocenters. The van der Waals surface area contributed by atoms with Crippen LogP contribution >= 0.6 is 11.8 Å². The van der Waals surface area contributed by atoms with Gasteiger partial charge in [-0.15, -0.1) is 0 Å². The van der Waals surface area contributed by atoms with E-state index in [1.807, 2.05) is 13.2 Å². The van der Waals surface area contributed by atoms with Crippen LogP contribution in [-0.2, 0) is 4.79 Å². The maximum Gasteiger partial charge on any atom is 0.233 e. The Morgan fingerprint density at radius 2 is 2.15 bits per heavy atom. The van der Waals surface area contributed by atoms with E-state index < -0.39 is 0 Å². The number of likely N-dealkylation sites (N-methyl/N-ethyl adjacent to an activating group) is 1. The lowest BCUT2D eigenvalue weighted by Gasteiger charge is -2.46. The van der Waals surface area contributed by atoms with Crippen LogP contribution in [0.1, 0.15) is 13.8 Å². The Kier molecular flexibility index (Phi) is 3.24. The van der Waals surface area contributed by atoms with Gasteiger partial charge in [0.05, 0.1) is 10.8 Å². The summed E-state index contributed by atoms with van der Waals surface area (Å²) >= 11 is 1.58. The van der Waals surface area contributed by atoms with Gasteiger partial charge in [0.15, 0.2) is 0 Å². The quantitative estimate of drug-likeness (QED) is 0.726. The molecule has 0 radical (unpaired) electrons. The van der Waals surface area contributed by atoms with Crippen LogP contribution in [0.15, 0.2) is 0 Å². The van der Waals surface area contributed by atoms with E-state index in [0.29, 0.717) is 0 Å². The van der Waals surface area contributed by atoms with E-state index in [4.69, 9.17) is 0 Å². The normalized spacial score (nSPS) is 23.4. The molecule has 1 N–H and O–H groups in total. The van der Waals surface area contributed by atoms with Crippen molar-refractivity contribution in [2.75, 3.05) is 26.4 Å². The van der Waals surface area contributed by atoms with Gasteiger partial charge in [-0.1, -0.05) is 0 Å². The van der Waals surface area contributed by atoms with Crippen LogP contribution in [0.3, 0.4) is 0 Å². The molecule has 1 aliphatic heterocycles. The van der Waals surface area contributed by atoms with Gasteiger partial charge < -0.3 is 10.2 Å². The number of nitrogens with zero attached hydrogens (tertiary/aromatic N) is 1. The zero-order chi connectivity index (χ0) is 10.1. The topological polar surface area (TPSA) is 32.3 Å². The molecule has 0 aromatic rings. The second-order valence-electron chi connectivity index (χ2n) is 4.10. The fraction of sp³-hybridized carbons (Fsp3) is 0.889. The molecule has 1 fully saturated rings. The number of carbonyl (C=O) groups is 1. The molecule has 0 bridgehead atoms. The van der Waals surface area contributed by atoms with Gasteiger partial charge in [-0.05, 0) is 27.2 Å². The summed E-state index contributed by atoms with van der Waals surface area (Å²) < 4.78 is 0. The number of rotatable bonds is 3. The number of carbonyl (C=O) groups excluding carboxylic acids is 1. The predicted molar refractivity (Wildman–Crippen MR) is 57.0 cm³/mol. The number of hydrogen-bond donors (Lipinski definition) is 1. The van der Waals surface area contributed by atoms with Gasteiger partial charge in [-0.3, -0.25) is 4.79 Å². The predicted octanol–water partition coefficient (Wildman–Crippen LogP) is 0.558. The molecule has 0 aromatic carbocycles. The standard InChI is InChI=1S/C9H18N2OS/c1-7(13-4)8(12)10-9(2)5-11(3)6-9/h7H,5-6H2,1-4H3,(H,10,12). The van der Waals surface area contributed by atoms with Crippen LogP contribution in [-0.4, -0.2) is 48.0 Å². The average Bonchev–Trinajstić information content (AvgIpc) is 2.00. The van der Waals surface area contributed by atoms with Crippen LogP contribution in [0, 0.1) is 0 Å². The smallest absolute Gasteiger partial charge is 0.233 e. The molecule has 76 valence electrons. The third-order valence-corrected chi connectivity index (χ3v) is 3.31. The summed E-state index contributed by atoms with van der Waals surface area (Å²) in [5.74, 6) is 0.156. The van der Waals surface area contributed by atoms with Gasteiger partial charge in [0.1, 0.15) is 0 Å². The Bertz CT molecular complexity index is 202. The lowest BCUT2D eigenvalue weighted by molar-refractivity contribution is -0.124. The molecule has 4 heteroatoms. The molecule has 0 aliphatic carbocycles. The highest BCUT2D eigenvalue weighted by Gasteiger charge is 2.38. The summed E-state index contributed by atoms with van der Waals surface area (Å²) in [5, 5.41) is 3.13. The first-order valence-electron chi connectivity index (χ1n) is 4.50. The minimum absolute atomic E-state index is 0.00975. The lowest BCUT2D eigenvalue weighted by atomic mass is 9.93. The van der Waals surface area contributed by atoms with Gasteiger partial charge in [0.2, 0.25) is 5.91 Å². The van der Waals surface area contributed by atoms with Crippen LogP contribution < -0.4 is 5.32 Å². The zero-order valence-electron chi connectivity index (χ0n) is 8.76. The van der Waals surface area contributed by atoms with Gasteiger partial charge in [0.25, 0.3) is 0 Å². The summed E-state index contributed by atoms with van der Waals surface area (Å²) in [6.45, 7) is 5.95. The van der Waals surface area contributed by atoms with Crippen molar-refractivity contribution in [3.8, 4) is 0 Å². The first-order valence-corrected chi connectivity index (χ1v) is 5.79. The minimum Gasteiger partial charge on any atom is -0.347 e. The number of hydrogen-bond acceptors (Lipinski definition) is 3. The first-order chi connectivity index (χ1) is 5.97. The highest BCUT2D eigenvalue weighted by molar-refractivity contribution is 7.99. The van der Waals surface area contributed by atoms with Crippen molar-refractivity contribution < 1.29 is 4.79 Å². The zero-order valence-corrected chi connectivity index (χ0v) is 9.57. The van der Waals surface area contributed by atoms with Crippen molar-refractivity contribution in [3.63, 3.8) is 0 Å². The molecule has 3 nitrogen and oxygen atoms in total. The molecule has 1 amide bonds. The summed E-state index contributed by atoms with van der Waals surface area (Å²) in [5.41, 5.74) is 0.00975. The Balaban J connectivity index is 2.36. The lowest BCUT2D eigenvalue weighted by Crippen LogP contribution is -2.68. The second-order valence-corrected chi connectivity index (χ2v) is 5.28. The van der Waals surface area contributed by atoms with Gasteiger partial charge >= 0.3 is 0 Å². The molecular weight excluding hydrogens is 184 g/mol. The average molecular weight is 202 g/mol. The van der Waals surface area contributed by atoms with Gasteiger partial charge in [-0.2, -0.15) is 11.8 Å². The van der Waals surface area contributed by atoms with Crippen LogP contribution in [0.4, 0.5) is 0 Å². The third-order valence-electron chi connectivity index (χ3n) is 2.39. The maximum atomic E-state index is 11.5. The Morgan fingerprint density at radius 3 is 2.54 bits per heavy atom. The Hall–Kier alpha value is -0.220. The monoisotopic (exact) mass is 202 g/mol. The summed E-state index contributed by atoms with van der Waals surface area (Å²) in [4.78, 5) is 13.7. The van der Waals surface area contributed by atoms with Crippen LogP contribution in [0.2, 0.25) is 0 Å². The number of thioether (sulfide) groups is 1. The molecular formula is C9H18N2OS. The molecule has 0 spiro atoms. The van der Waals surface area contributed by atoms with Gasteiger partial charge in [0, 0.05) is 13.1 Å². The highest BCUT2D eigenvalue weighted by Crippen LogP contribution is 2.18. The van der Waals surface area contributed by atoms with Crippen molar-refractivity contribution in [3.05, 3.63) is 0 Å². The number of likely N-dealkylation sites (tertiary alicyclic amines) is 1. The summed E-state index contributed by atoms with van der Waals surface area (Å²) in [6.07, 6.45) is 1.96. The molecule has 13 heavy (non-hydrogen) atoms. The van der Waals surface area contributed by atoms with E-state index in [2.05, 4.69) is 24.2 Å². The fourth-order valence-corrected chi connectivity index (χ4v) is 2.00. The van der Waals surface area contributed by atoms with Gasteiger partial charge in [-0.25, -0.2) is 0 Å². The molecule has 1 unspecified atom stereocenters. The minimum atomic E-state index is 0.00975. The van der Waals surface area contributed by atoms with E-state index in [1.165, 1.54) is 0 Å². The molecule has 1 heterocycles. The van der Waals surface area contributed by atoms with Crippen LogP contribution in [0.25, 0.3) is 0 Å². The van der Waals surface area contributed by atoms with Crippen molar-refractivity contribution in [1.29, 1.82) is 0 Å². The number of amides is 1. The van der Waals surface area contributed by atoms with Crippen molar-refractivity contribution in [2.24, 2.45) is 0 Å². The van der Waals surface area contributed by atoms with E-state index in [-0.39, 0.29) is 16.7 Å². The second kappa shape index (κ2) is 3.88. The van der Waals surface area contributed by atoms with E-state index in [1.54, 1.807) is 11.8 Å². The fourth-order valence-electron chi connectivity index (χ4n) is 1.73. The Labute approximate surface area is 84.2 Å². The molecule has 0 aromatic heterocycles. The molecule has 0 saturated carbocycles. The maximum absolute atomic E-state index is 11.5. The third kappa shape index (κ3) is 2.61. The largest absolute Gasteiger partial charge is 0.347 e. The van der Waals surface area contributed by atoms with Crippen molar-refractivity contribution >= 4 is 17.7 Å².